The highest BCUT2D eigenvalue weighted by Crippen LogP contribution is 2.32. The lowest BCUT2D eigenvalue weighted by Gasteiger charge is -2.04. The van der Waals surface area contributed by atoms with Crippen molar-refractivity contribution in [3.8, 4) is 0 Å². The molecule has 1 aromatic heterocycles. The fourth-order valence-electron chi connectivity index (χ4n) is 2.63. The lowest BCUT2D eigenvalue weighted by atomic mass is 10.3. The van der Waals surface area contributed by atoms with E-state index in [2.05, 4.69) is 4.99 Å². The molecule has 0 radical (unpaired) electrons. The second-order valence-corrected chi connectivity index (χ2v) is 9.77. The normalized spacial score (nSPS) is 12.6. The Morgan fingerprint density at radius 3 is 2.50 bits per heavy atom. The molecule has 1 heterocycles. The number of sulfone groups is 1. The summed E-state index contributed by atoms with van der Waals surface area (Å²) in [5, 5.41) is 0.780. The van der Waals surface area contributed by atoms with E-state index in [9.17, 15) is 17.6 Å². The van der Waals surface area contributed by atoms with Crippen LogP contribution in [0.1, 0.15) is 13.3 Å². The summed E-state index contributed by atoms with van der Waals surface area (Å²) in [6, 6.07) is 7.95. The predicted octanol–water partition coefficient (Wildman–Crippen LogP) is 4.46. The molecule has 0 aliphatic rings. The molecule has 148 valence electrons. The van der Waals surface area contributed by atoms with Crippen LogP contribution in [0, 0.1) is 5.82 Å². The molecule has 2 aromatic carbocycles. The van der Waals surface area contributed by atoms with E-state index in [-0.39, 0.29) is 11.3 Å². The van der Waals surface area contributed by atoms with Gasteiger partial charge in [0.15, 0.2) is 14.6 Å². The largest absolute Gasteiger partial charge is 0.315 e. The van der Waals surface area contributed by atoms with Crippen LogP contribution in [0.25, 0.3) is 10.2 Å². The molecule has 3 rings (SSSR count). The van der Waals surface area contributed by atoms with E-state index < -0.39 is 27.3 Å². The van der Waals surface area contributed by atoms with Crippen LogP contribution in [0.4, 0.5) is 4.39 Å². The summed E-state index contributed by atoms with van der Waals surface area (Å²) in [5.41, 5.74) is 0.687. The van der Waals surface area contributed by atoms with Crippen molar-refractivity contribution in [2.24, 2.45) is 4.99 Å². The lowest BCUT2D eigenvalue weighted by Crippen LogP contribution is -2.17. The summed E-state index contributed by atoms with van der Waals surface area (Å²) < 4.78 is 40.1. The van der Waals surface area contributed by atoms with Gasteiger partial charge < -0.3 is 4.57 Å². The predicted molar refractivity (Wildman–Crippen MR) is 109 cm³/mol. The SMILES string of the molecule is CCn1c(=NC(=O)CCS(=O)(=O)c2ccc(F)cc2)sc2ccc(Cl)c(Cl)c21. The van der Waals surface area contributed by atoms with E-state index in [1.807, 2.05) is 6.92 Å². The Bertz CT molecular complexity index is 1220. The van der Waals surface area contributed by atoms with Crippen LogP contribution in [-0.2, 0) is 21.2 Å². The highest BCUT2D eigenvalue weighted by atomic mass is 35.5. The number of amides is 1. The van der Waals surface area contributed by atoms with Gasteiger partial charge in [0.2, 0.25) is 5.91 Å². The quantitative estimate of drug-likeness (QED) is 0.527. The van der Waals surface area contributed by atoms with E-state index >= 15 is 0 Å². The standard InChI is InChI=1S/C18H15Cl2FN2O3S2/c1-2-23-17-14(8-7-13(19)16(17)20)27-18(23)22-15(24)9-10-28(25,26)12-5-3-11(21)4-6-12/h3-8H,2,9-10H2,1H3. The Balaban J connectivity index is 1.87. The summed E-state index contributed by atoms with van der Waals surface area (Å²) in [4.78, 5) is 16.7. The topological polar surface area (TPSA) is 68.5 Å². The molecule has 10 heteroatoms. The van der Waals surface area contributed by atoms with Gasteiger partial charge in [0.25, 0.3) is 0 Å². The zero-order valence-electron chi connectivity index (χ0n) is 14.7. The first-order valence-electron chi connectivity index (χ1n) is 8.26. The highest BCUT2D eigenvalue weighted by molar-refractivity contribution is 7.91. The number of halogens is 3. The van der Waals surface area contributed by atoms with Crippen LogP contribution in [0.3, 0.4) is 0 Å². The van der Waals surface area contributed by atoms with E-state index in [1.54, 1.807) is 16.7 Å². The number of fused-ring (bicyclic) bond motifs is 1. The second kappa shape index (κ2) is 8.32. The number of rotatable bonds is 5. The van der Waals surface area contributed by atoms with Crippen LogP contribution >= 0.6 is 34.5 Å². The van der Waals surface area contributed by atoms with Crippen molar-refractivity contribution in [1.82, 2.24) is 4.57 Å². The van der Waals surface area contributed by atoms with Gasteiger partial charge in [0.1, 0.15) is 5.82 Å². The van der Waals surface area contributed by atoms with Crippen molar-refractivity contribution in [3.05, 3.63) is 57.1 Å². The number of hydrogen-bond acceptors (Lipinski definition) is 4. The van der Waals surface area contributed by atoms with Crippen molar-refractivity contribution in [2.75, 3.05) is 5.75 Å². The van der Waals surface area contributed by atoms with Gasteiger partial charge in [-0.2, -0.15) is 4.99 Å². The van der Waals surface area contributed by atoms with Gasteiger partial charge in [0.05, 0.1) is 30.9 Å². The van der Waals surface area contributed by atoms with Crippen LogP contribution in [0.2, 0.25) is 10.0 Å². The molecule has 3 aromatic rings. The molecule has 0 aliphatic carbocycles. The number of aromatic nitrogens is 1. The molecule has 0 N–H and O–H groups in total. The maximum atomic E-state index is 13.0. The van der Waals surface area contributed by atoms with Gasteiger partial charge in [-0.25, -0.2) is 12.8 Å². The minimum atomic E-state index is -3.71. The van der Waals surface area contributed by atoms with E-state index in [0.29, 0.717) is 26.9 Å². The van der Waals surface area contributed by atoms with Crippen molar-refractivity contribution in [2.45, 2.75) is 24.8 Å². The maximum absolute atomic E-state index is 13.0. The summed E-state index contributed by atoms with van der Waals surface area (Å²) in [7, 11) is -3.71. The van der Waals surface area contributed by atoms with Crippen LogP contribution < -0.4 is 4.80 Å². The minimum Gasteiger partial charge on any atom is -0.315 e. The molecular formula is C18H15Cl2FN2O3S2. The van der Waals surface area contributed by atoms with Crippen molar-refractivity contribution in [3.63, 3.8) is 0 Å². The molecule has 0 unspecified atom stereocenters. The third kappa shape index (κ3) is 4.30. The summed E-state index contributed by atoms with van der Waals surface area (Å²) in [6.07, 6.45) is -0.286. The van der Waals surface area contributed by atoms with Gasteiger partial charge in [0, 0.05) is 13.0 Å². The zero-order chi connectivity index (χ0) is 20.5. The third-order valence-electron chi connectivity index (χ3n) is 4.03. The number of thiazole rings is 1. The number of aryl methyl sites for hydroxylation is 1. The van der Waals surface area contributed by atoms with Gasteiger partial charge in [-0.3, -0.25) is 4.79 Å². The van der Waals surface area contributed by atoms with E-state index in [4.69, 9.17) is 23.2 Å². The summed E-state index contributed by atoms with van der Waals surface area (Å²) >= 11 is 13.6. The first-order valence-corrected chi connectivity index (χ1v) is 11.5. The number of hydrogen-bond donors (Lipinski definition) is 0. The molecule has 0 saturated heterocycles. The number of benzene rings is 2. The minimum absolute atomic E-state index is 0.0337. The average Bonchev–Trinajstić information content (AvgIpc) is 3.01. The van der Waals surface area contributed by atoms with E-state index in [0.717, 1.165) is 16.8 Å². The Morgan fingerprint density at radius 1 is 1.18 bits per heavy atom. The average molecular weight is 461 g/mol. The molecule has 0 atom stereocenters. The van der Waals surface area contributed by atoms with Crippen LogP contribution in [0.15, 0.2) is 46.3 Å². The first kappa shape index (κ1) is 21.0. The zero-order valence-corrected chi connectivity index (χ0v) is 17.8. The van der Waals surface area contributed by atoms with Gasteiger partial charge >= 0.3 is 0 Å². The van der Waals surface area contributed by atoms with Crippen molar-refractivity contribution >= 4 is 60.5 Å². The summed E-state index contributed by atoms with van der Waals surface area (Å²) in [5.74, 6) is -1.51. The first-order chi connectivity index (χ1) is 13.2. The molecule has 0 aliphatic heterocycles. The molecule has 0 fully saturated rings. The number of carbonyl (C=O) groups is 1. The Morgan fingerprint density at radius 2 is 1.86 bits per heavy atom. The molecule has 0 bridgehead atoms. The van der Waals surface area contributed by atoms with Gasteiger partial charge in [-0.1, -0.05) is 34.5 Å². The fourth-order valence-corrected chi connectivity index (χ4v) is 5.45. The number of carbonyl (C=O) groups excluding carboxylic acids is 1. The Kier molecular flexibility index (Phi) is 6.24. The highest BCUT2D eigenvalue weighted by Gasteiger charge is 2.17. The molecule has 1 amide bonds. The molecular weight excluding hydrogens is 446 g/mol. The summed E-state index contributed by atoms with van der Waals surface area (Å²) in [6.45, 7) is 2.39. The molecule has 0 spiro atoms. The third-order valence-corrected chi connectivity index (χ3v) is 7.60. The van der Waals surface area contributed by atoms with Crippen LogP contribution in [-0.4, -0.2) is 24.6 Å². The van der Waals surface area contributed by atoms with Gasteiger partial charge in [-0.05, 0) is 43.3 Å². The van der Waals surface area contributed by atoms with Crippen molar-refractivity contribution in [1.29, 1.82) is 0 Å². The molecule has 5 nitrogen and oxygen atoms in total. The van der Waals surface area contributed by atoms with Crippen LogP contribution in [0.5, 0.6) is 0 Å². The van der Waals surface area contributed by atoms with Crippen molar-refractivity contribution < 1.29 is 17.6 Å². The second-order valence-electron chi connectivity index (χ2n) is 5.87. The lowest BCUT2D eigenvalue weighted by molar-refractivity contribution is -0.117. The fraction of sp³-hybridized carbons (Fsp3) is 0.222. The molecule has 0 saturated carbocycles. The molecule has 28 heavy (non-hydrogen) atoms. The van der Waals surface area contributed by atoms with E-state index in [1.165, 1.54) is 23.5 Å². The monoisotopic (exact) mass is 460 g/mol. The number of nitrogens with zero attached hydrogens (tertiary/aromatic N) is 2. The Labute approximate surface area is 175 Å². The van der Waals surface area contributed by atoms with Gasteiger partial charge in [-0.15, -0.1) is 0 Å². The maximum Gasteiger partial charge on any atom is 0.249 e. The Hall–Kier alpha value is -1.74. The smallest absolute Gasteiger partial charge is 0.249 e.